The number of hydrogen-bond donors (Lipinski definition) is 1. The molecule has 3 rings (SSSR count). The predicted molar refractivity (Wildman–Crippen MR) is 91.9 cm³/mol. The van der Waals surface area contributed by atoms with Crippen LogP contribution in [0.2, 0.25) is 0 Å². The van der Waals surface area contributed by atoms with Crippen molar-refractivity contribution in [1.29, 1.82) is 0 Å². The van der Waals surface area contributed by atoms with Crippen LogP contribution >= 0.6 is 36.2 Å². The van der Waals surface area contributed by atoms with Crippen molar-refractivity contribution in [2.75, 3.05) is 13.1 Å². The Kier molecular flexibility index (Phi) is 6.87. The number of amides is 1. The molecule has 1 aliphatic rings. The summed E-state index contributed by atoms with van der Waals surface area (Å²) in [6.45, 7) is 3.32. The zero-order valence-corrected chi connectivity index (χ0v) is 14.6. The van der Waals surface area contributed by atoms with E-state index >= 15 is 0 Å². The first-order valence-corrected chi connectivity index (χ1v) is 7.54. The molecule has 0 unspecified atom stereocenters. The van der Waals surface area contributed by atoms with E-state index in [0.717, 1.165) is 35.2 Å². The highest BCUT2D eigenvalue weighted by atomic mass is 35.5. The highest BCUT2D eigenvalue weighted by Crippen LogP contribution is 2.26. The van der Waals surface area contributed by atoms with Gasteiger partial charge in [-0.15, -0.1) is 36.2 Å². The molecule has 2 aromatic heterocycles. The number of halogens is 2. The molecule has 5 nitrogen and oxygen atoms in total. The second-order valence-corrected chi connectivity index (χ2v) is 5.98. The highest BCUT2D eigenvalue weighted by Gasteiger charge is 2.24. The molecule has 0 spiro atoms. The molecule has 0 saturated carbocycles. The maximum atomic E-state index is 12.1. The fourth-order valence-corrected chi connectivity index (χ4v) is 3.11. The van der Waals surface area contributed by atoms with E-state index in [1.165, 1.54) is 11.3 Å². The second-order valence-electron chi connectivity index (χ2n) is 5.12. The van der Waals surface area contributed by atoms with Gasteiger partial charge in [-0.2, -0.15) is 0 Å². The van der Waals surface area contributed by atoms with Crippen LogP contribution in [0.5, 0.6) is 0 Å². The van der Waals surface area contributed by atoms with Crippen molar-refractivity contribution in [3.63, 3.8) is 0 Å². The number of nitrogens with zero attached hydrogens (tertiary/aromatic N) is 2. The Morgan fingerprint density at radius 1 is 1.50 bits per heavy atom. The number of aryl methyl sites for hydroxylation is 1. The van der Waals surface area contributed by atoms with E-state index in [-0.39, 0.29) is 36.8 Å². The summed E-state index contributed by atoms with van der Waals surface area (Å²) in [6.07, 6.45) is 1.22. The molecule has 1 amide bonds. The van der Waals surface area contributed by atoms with E-state index in [9.17, 15) is 4.79 Å². The summed E-state index contributed by atoms with van der Waals surface area (Å²) in [5, 5.41) is 2.74. The van der Waals surface area contributed by atoms with Gasteiger partial charge in [-0.25, -0.2) is 4.98 Å². The molecule has 1 fully saturated rings. The minimum absolute atomic E-state index is 0. The first-order valence-electron chi connectivity index (χ1n) is 6.66. The minimum Gasteiger partial charge on any atom is -0.459 e. The number of carbonyl (C=O) groups excluding carboxylic acids is 1. The molecular formula is C14H19Cl2N3O2S. The number of rotatable bonds is 3. The van der Waals surface area contributed by atoms with Gasteiger partial charge < -0.3 is 15.1 Å². The average Bonchev–Trinajstić information content (AvgIpc) is 3.10. The van der Waals surface area contributed by atoms with Gasteiger partial charge in [0, 0.05) is 24.5 Å². The molecule has 0 bridgehead atoms. The molecule has 0 aliphatic carbocycles. The number of likely N-dealkylation sites (tertiary alicyclic amines) is 1. The fraction of sp³-hybridized carbons (Fsp3) is 0.429. The van der Waals surface area contributed by atoms with Gasteiger partial charge in [-0.1, -0.05) is 0 Å². The molecule has 1 aliphatic heterocycles. The van der Waals surface area contributed by atoms with E-state index in [4.69, 9.17) is 10.2 Å². The summed E-state index contributed by atoms with van der Waals surface area (Å²) in [7, 11) is 0. The zero-order valence-electron chi connectivity index (χ0n) is 12.2. The summed E-state index contributed by atoms with van der Waals surface area (Å²) in [5.41, 5.74) is 6.61. The molecular weight excluding hydrogens is 345 g/mol. The molecule has 0 aromatic carbocycles. The monoisotopic (exact) mass is 363 g/mol. The van der Waals surface area contributed by atoms with E-state index < -0.39 is 0 Å². The van der Waals surface area contributed by atoms with Gasteiger partial charge in [-0.05, 0) is 25.5 Å². The lowest BCUT2D eigenvalue weighted by atomic mass is 10.3. The lowest BCUT2D eigenvalue weighted by Crippen LogP contribution is -2.32. The van der Waals surface area contributed by atoms with Gasteiger partial charge in [0.1, 0.15) is 5.76 Å². The highest BCUT2D eigenvalue weighted by molar-refractivity contribution is 7.13. The van der Waals surface area contributed by atoms with Crippen molar-refractivity contribution in [3.05, 3.63) is 29.0 Å². The van der Waals surface area contributed by atoms with Gasteiger partial charge in [0.05, 0.1) is 12.1 Å². The average molecular weight is 364 g/mol. The van der Waals surface area contributed by atoms with Crippen LogP contribution in [-0.4, -0.2) is 34.9 Å². The smallest absolute Gasteiger partial charge is 0.228 e. The lowest BCUT2D eigenvalue weighted by Gasteiger charge is -2.14. The van der Waals surface area contributed by atoms with E-state index in [1.807, 2.05) is 29.3 Å². The van der Waals surface area contributed by atoms with Gasteiger partial charge in [0.15, 0.2) is 10.8 Å². The van der Waals surface area contributed by atoms with Crippen molar-refractivity contribution in [3.8, 4) is 10.8 Å². The van der Waals surface area contributed by atoms with Crippen LogP contribution in [0.25, 0.3) is 10.8 Å². The molecule has 3 heterocycles. The Balaban J connectivity index is 0.00000121. The number of carbonyl (C=O) groups is 1. The molecule has 122 valence electrons. The van der Waals surface area contributed by atoms with Crippen molar-refractivity contribution in [2.45, 2.75) is 25.8 Å². The third-order valence-electron chi connectivity index (χ3n) is 3.41. The van der Waals surface area contributed by atoms with Crippen LogP contribution in [0.1, 0.15) is 17.9 Å². The van der Waals surface area contributed by atoms with Crippen molar-refractivity contribution < 1.29 is 9.21 Å². The standard InChI is InChI=1S/C14H17N3O2S.2ClH/c1-9-2-3-12(19-9)14-16-11(8-20-14)6-13(18)17-5-4-10(15)7-17;;/h2-3,8,10H,4-7,15H2,1H3;2*1H/t10-;;/m1../s1. The van der Waals surface area contributed by atoms with Crippen LogP contribution in [0, 0.1) is 6.92 Å². The Hall–Kier alpha value is -1.08. The summed E-state index contributed by atoms with van der Waals surface area (Å²) >= 11 is 1.50. The van der Waals surface area contributed by atoms with Crippen LogP contribution in [0.3, 0.4) is 0 Å². The Morgan fingerprint density at radius 2 is 2.27 bits per heavy atom. The zero-order chi connectivity index (χ0) is 14.1. The molecule has 22 heavy (non-hydrogen) atoms. The van der Waals surface area contributed by atoms with E-state index in [1.54, 1.807) is 0 Å². The van der Waals surface area contributed by atoms with Gasteiger partial charge in [0.2, 0.25) is 5.91 Å². The van der Waals surface area contributed by atoms with Gasteiger partial charge in [-0.3, -0.25) is 4.79 Å². The lowest BCUT2D eigenvalue weighted by molar-refractivity contribution is -0.129. The van der Waals surface area contributed by atoms with E-state index in [0.29, 0.717) is 13.0 Å². The van der Waals surface area contributed by atoms with Crippen LogP contribution in [0.4, 0.5) is 0 Å². The van der Waals surface area contributed by atoms with Crippen molar-refractivity contribution in [1.82, 2.24) is 9.88 Å². The van der Waals surface area contributed by atoms with Crippen LogP contribution in [0.15, 0.2) is 21.9 Å². The number of aromatic nitrogens is 1. The summed E-state index contributed by atoms with van der Waals surface area (Å²) in [4.78, 5) is 18.4. The summed E-state index contributed by atoms with van der Waals surface area (Å²) in [6, 6.07) is 3.93. The molecule has 0 radical (unpaired) electrons. The number of hydrogen-bond acceptors (Lipinski definition) is 5. The third kappa shape index (κ3) is 4.23. The van der Waals surface area contributed by atoms with Gasteiger partial charge >= 0.3 is 0 Å². The Bertz CT molecular complexity index is 629. The first-order chi connectivity index (χ1) is 9.61. The Morgan fingerprint density at radius 3 is 2.86 bits per heavy atom. The molecule has 1 atom stereocenters. The predicted octanol–water partition coefficient (Wildman–Crippen LogP) is 2.66. The molecule has 1 saturated heterocycles. The van der Waals surface area contributed by atoms with Crippen LogP contribution in [-0.2, 0) is 11.2 Å². The molecule has 2 N–H and O–H groups in total. The normalized spacial score (nSPS) is 17.0. The number of nitrogens with two attached hydrogens (primary N) is 1. The number of thiazole rings is 1. The topological polar surface area (TPSA) is 72.4 Å². The second kappa shape index (κ2) is 7.97. The summed E-state index contributed by atoms with van der Waals surface area (Å²) in [5.74, 6) is 1.72. The van der Waals surface area contributed by atoms with E-state index in [2.05, 4.69) is 4.98 Å². The fourth-order valence-electron chi connectivity index (χ4n) is 2.33. The third-order valence-corrected chi connectivity index (χ3v) is 4.32. The number of furan rings is 1. The van der Waals surface area contributed by atoms with Gasteiger partial charge in [0.25, 0.3) is 0 Å². The van der Waals surface area contributed by atoms with Crippen molar-refractivity contribution >= 4 is 42.1 Å². The quantitative estimate of drug-likeness (QED) is 0.909. The largest absolute Gasteiger partial charge is 0.459 e. The molecule has 8 heteroatoms. The summed E-state index contributed by atoms with van der Waals surface area (Å²) < 4.78 is 5.54. The first kappa shape index (κ1) is 19.0. The molecule has 2 aromatic rings. The van der Waals surface area contributed by atoms with Crippen molar-refractivity contribution in [2.24, 2.45) is 5.73 Å². The SMILES string of the molecule is Cc1ccc(-c2nc(CC(=O)N3CC[C@@H](N)C3)cs2)o1.Cl.Cl. The minimum atomic E-state index is 0. The maximum absolute atomic E-state index is 12.1. The van der Waals surface area contributed by atoms with Crippen LogP contribution < -0.4 is 5.73 Å². The maximum Gasteiger partial charge on any atom is 0.228 e. The Labute approximate surface area is 145 Å².